The van der Waals surface area contributed by atoms with Gasteiger partial charge in [-0.25, -0.2) is 0 Å². The molecule has 2 rings (SSSR count). The zero-order chi connectivity index (χ0) is 16.3. The monoisotopic (exact) mass is 303 g/mol. The van der Waals surface area contributed by atoms with E-state index in [1.165, 1.54) is 6.92 Å². The van der Waals surface area contributed by atoms with E-state index < -0.39 is 0 Å². The molecule has 0 bridgehead atoms. The van der Waals surface area contributed by atoms with E-state index in [0.29, 0.717) is 23.3 Å². The van der Waals surface area contributed by atoms with E-state index in [1.807, 2.05) is 4.90 Å². The molecule has 22 heavy (non-hydrogen) atoms. The summed E-state index contributed by atoms with van der Waals surface area (Å²) in [5.74, 6) is 1.24. The molecular formula is C18H25NO3. The molecule has 0 aliphatic heterocycles. The summed E-state index contributed by atoms with van der Waals surface area (Å²) in [6, 6.07) is 5.68. The molecule has 120 valence electrons. The van der Waals surface area contributed by atoms with E-state index >= 15 is 0 Å². The number of hydrogen-bond donors (Lipinski definition) is 0. The van der Waals surface area contributed by atoms with Crippen LogP contribution in [0, 0.1) is 5.92 Å². The summed E-state index contributed by atoms with van der Waals surface area (Å²) < 4.78 is 5.34. The predicted octanol–water partition coefficient (Wildman–Crippen LogP) is 3.09. The van der Waals surface area contributed by atoms with Gasteiger partial charge in [-0.15, -0.1) is 0 Å². The second-order valence-electron chi connectivity index (χ2n) is 6.43. The molecule has 1 aliphatic carbocycles. The molecule has 0 unspecified atom stereocenters. The number of rotatable bonds is 7. The van der Waals surface area contributed by atoms with Crippen LogP contribution in [0.5, 0.6) is 5.75 Å². The first kappa shape index (κ1) is 16.5. The predicted molar refractivity (Wildman–Crippen MR) is 86.3 cm³/mol. The van der Waals surface area contributed by atoms with Gasteiger partial charge in [-0.05, 0) is 43.9 Å². The molecule has 0 saturated heterocycles. The van der Waals surface area contributed by atoms with Gasteiger partial charge in [0.15, 0.2) is 5.78 Å². The van der Waals surface area contributed by atoms with Crippen LogP contribution in [0.15, 0.2) is 18.2 Å². The number of methoxy groups -OCH3 is 1. The lowest BCUT2D eigenvalue weighted by atomic mass is 10.0. The van der Waals surface area contributed by atoms with E-state index in [9.17, 15) is 9.59 Å². The summed E-state index contributed by atoms with van der Waals surface area (Å²) in [5, 5.41) is 0. The number of hydrogen-bond acceptors (Lipinski definition) is 3. The molecule has 1 aromatic carbocycles. The number of benzene rings is 1. The van der Waals surface area contributed by atoms with E-state index in [0.717, 1.165) is 24.9 Å². The van der Waals surface area contributed by atoms with Crippen molar-refractivity contribution in [3.8, 4) is 5.75 Å². The number of carbonyl (C=O) groups is 2. The molecule has 1 aliphatic rings. The van der Waals surface area contributed by atoms with Crippen LogP contribution in [0.1, 0.15) is 49.5 Å². The molecule has 1 amide bonds. The highest BCUT2D eigenvalue weighted by Gasteiger charge is 2.32. The molecule has 0 aromatic heterocycles. The SMILES string of the molecule is COc1ccc(C(C)=O)cc1CC(=O)N(CC(C)C)C1CC1. The fourth-order valence-corrected chi connectivity index (χ4v) is 2.63. The molecule has 1 fully saturated rings. The summed E-state index contributed by atoms with van der Waals surface area (Å²) in [7, 11) is 1.59. The fraction of sp³-hybridized carbons (Fsp3) is 0.556. The molecule has 1 aromatic rings. The molecular weight excluding hydrogens is 278 g/mol. The normalized spacial score (nSPS) is 14.0. The molecule has 0 spiro atoms. The van der Waals surface area contributed by atoms with Crippen molar-refractivity contribution in [2.75, 3.05) is 13.7 Å². The highest BCUT2D eigenvalue weighted by molar-refractivity contribution is 5.94. The summed E-state index contributed by atoms with van der Waals surface area (Å²) in [6.07, 6.45) is 2.49. The first-order valence-electron chi connectivity index (χ1n) is 7.89. The maximum atomic E-state index is 12.7. The summed E-state index contributed by atoms with van der Waals surface area (Å²) in [5.41, 5.74) is 1.40. The zero-order valence-electron chi connectivity index (χ0n) is 13.9. The van der Waals surface area contributed by atoms with Crippen LogP contribution < -0.4 is 4.74 Å². The minimum absolute atomic E-state index is 0.00224. The molecule has 4 heteroatoms. The van der Waals surface area contributed by atoms with Gasteiger partial charge in [-0.3, -0.25) is 9.59 Å². The van der Waals surface area contributed by atoms with Crippen molar-refractivity contribution in [3.05, 3.63) is 29.3 Å². The lowest BCUT2D eigenvalue weighted by Gasteiger charge is -2.25. The van der Waals surface area contributed by atoms with Gasteiger partial charge in [0.05, 0.1) is 13.5 Å². The summed E-state index contributed by atoms with van der Waals surface area (Å²) in [4.78, 5) is 26.2. The van der Waals surface area contributed by atoms with Gasteiger partial charge in [-0.1, -0.05) is 13.8 Å². The maximum absolute atomic E-state index is 12.7. The number of ketones is 1. The van der Waals surface area contributed by atoms with Crippen LogP contribution in [-0.2, 0) is 11.2 Å². The van der Waals surface area contributed by atoms with Crippen molar-refractivity contribution < 1.29 is 14.3 Å². The molecule has 4 nitrogen and oxygen atoms in total. The summed E-state index contributed by atoms with van der Waals surface area (Å²) in [6.45, 7) is 6.57. The smallest absolute Gasteiger partial charge is 0.227 e. The Morgan fingerprint density at radius 2 is 2.00 bits per heavy atom. The van der Waals surface area contributed by atoms with Gasteiger partial charge in [0, 0.05) is 23.7 Å². The van der Waals surface area contributed by atoms with Crippen LogP contribution in [-0.4, -0.2) is 36.3 Å². The highest BCUT2D eigenvalue weighted by Crippen LogP contribution is 2.29. The van der Waals surface area contributed by atoms with Crippen molar-refractivity contribution in [2.45, 2.75) is 46.1 Å². The van der Waals surface area contributed by atoms with Gasteiger partial charge >= 0.3 is 0 Å². The lowest BCUT2D eigenvalue weighted by Crippen LogP contribution is -2.37. The Morgan fingerprint density at radius 3 is 2.50 bits per heavy atom. The maximum Gasteiger partial charge on any atom is 0.227 e. The molecule has 0 atom stereocenters. The van der Waals surface area contributed by atoms with E-state index in [-0.39, 0.29) is 18.1 Å². The van der Waals surface area contributed by atoms with Gasteiger partial charge in [-0.2, -0.15) is 0 Å². The second kappa shape index (κ2) is 6.95. The minimum Gasteiger partial charge on any atom is -0.496 e. The minimum atomic E-state index is -0.00224. The van der Waals surface area contributed by atoms with Gasteiger partial charge < -0.3 is 9.64 Å². The number of nitrogens with zero attached hydrogens (tertiary/aromatic N) is 1. The Bertz CT molecular complexity index is 561. The Kier molecular flexibility index (Phi) is 5.22. The van der Waals surface area contributed by atoms with Crippen LogP contribution >= 0.6 is 0 Å². The standard InChI is InChI=1S/C18H25NO3/c1-12(2)11-19(16-6-7-16)18(21)10-15-9-14(13(3)20)5-8-17(15)22-4/h5,8-9,12,16H,6-7,10-11H2,1-4H3. The van der Waals surface area contributed by atoms with Crippen molar-refractivity contribution in [2.24, 2.45) is 5.92 Å². The van der Waals surface area contributed by atoms with Crippen molar-refractivity contribution in [1.82, 2.24) is 4.90 Å². The average Bonchev–Trinajstić information content (AvgIpc) is 3.28. The molecule has 0 heterocycles. The number of amides is 1. The van der Waals surface area contributed by atoms with E-state index in [1.54, 1.807) is 25.3 Å². The third kappa shape index (κ3) is 4.09. The van der Waals surface area contributed by atoms with Gasteiger partial charge in [0.2, 0.25) is 5.91 Å². The molecule has 0 radical (unpaired) electrons. The van der Waals surface area contributed by atoms with E-state index in [2.05, 4.69) is 13.8 Å². The highest BCUT2D eigenvalue weighted by atomic mass is 16.5. The number of carbonyl (C=O) groups excluding carboxylic acids is 2. The summed E-state index contributed by atoms with van der Waals surface area (Å²) >= 11 is 0. The van der Waals surface area contributed by atoms with Gasteiger partial charge in [0.25, 0.3) is 0 Å². The Morgan fingerprint density at radius 1 is 1.32 bits per heavy atom. The van der Waals surface area contributed by atoms with Crippen molar-refractivity contribution in [3.63, 3.8) is 0 Å². The quantitative estimate of drug-likeness (QED) is 0.727. The van der Waals surface area contributed by atoms with Crippen LogP contribution in [0.4, 0.5) is 0 Å². The van der Waals surface area contributed by atoms with Gasteiger partial charge in [0.1, 0.15) is 5.75 Å². The van der Waals surface area contributed by atoms with Crippen LogP contribution in [0.25, 0.3) is 0 Å². The Hall–Kier alpha value is -1.84. The average molecular weight is 303 g/mol. The fourth-order valence-electron chi connectivity index (χ4n) is 2.63. The molecule has 0 N–H and O–H groups in total. The number of Topliss-reactive ketones (excluding diaryl/α,β-unsaturated/α-hetero) is 1. The third-order valence-electron chi connectivity index (χ3n) is 3.90. The Labute approximate surface area is 132 Å². The van der Waals surface area contributed by atoms with Crippen molar-refractivity contribution in [1.29, 1.82) is 0 Å². The Balaban J connectivity index is 2.18. The largest absolute Gasteiger partial charge is 0.496 e. The third-order valence-corrected chi connectivity index (χ3v) is 3.90. The number of ether oxygens (including phenoxy) is 1. The topological polar surface area (TPSA) is 46.6 Å². The first-order valence-corrected chi connectivity index (χ1v) is 7.89. The molecule has 1 saturated carbocycles. The zero-order valence-corrected chi connectivity index (χ0v) is 13.9. The van der Waals surface area contributed by atoms with Crippen LogP contribution in [0.2, 0.25) is 0 Å². The lowest BCUT2D eigenvalue weighted by molar-refractivity contribution is -0.131. The first-order chi connectivity index (χ1) is 10.4. The van der Waals surface area contributed by atoms with E-state index in [4.69, 9.17) is 4.74 Å². The van der Waals surface area contributed by atoms with Crippen LogP contribution in [0.3, 0.4) is 0 Å². The second-order valence-corrected chi connectivity index (χ2v) is 6.43. The van der Waals surface area contributed by atoms with Crippen molar-refractivity contribution >= 4 is 11.7 Å².